The van der Waals surface area contributed by atoms with Crippen molar-refractivity contribution in [1.29, 1.82) is 0 Å². The second-order valence-corrected chi connectivity index (χ2v) is 4.13. The average molecular weight is 244 g/mol. The Morgan fingerprint density at radius 3 is 2.67 bits per heavy atom. The van der Waals surface area contributed by atoms with E-state index < -0.39 is 0 Å². The van der Waals surface area contributed by atoms with Crippen molar-refractivity contribution in [3.8, 4) is 0 Å². The lowest BCUT2D eigenvalue weighted by atomic mass is 10.1. The molecule has 0 spiro atoms. The summed E-state index contributed by atoms with van der Waals surface area (Å²) in [5.41, 5.74) is 1.78. The fourth-order valence-corrected chi connectivity index (χ4v) is 1.97. The average Bonchev–Trinajstić information content (AvgIpc) is 2.73. The lowest BCUT2D eigenvalue weighted by molar-refractivity contribution is 0.625. The molecule has 2 aromatic carbocycles. The molecule has 1 N–H and O–H groups in total. The van der Waals surface area contributed by atoms with E-state index >= 15 is 0 Å². The minimum atomic E-state index is -0.353. The van der Waals surface area contributed by atoms with Crippen LogP contribution in [0.15, 0.2) is 42.5 Å². The van der Waals surface area contributed by atoms with Crippen LogP contribution in [0.2, 0.25) is 0 Å². The highest BCUT2D eigenvalue weighted by Crippen LogP contribution is 2.17. The summed E-state index contributed by atoms with van der Waals surface area (Å²) in [6.07, 6.45) is 0.450. The molecule has 3 aromatic rings. The Kier molecular flexibility index (Phi) is 2.55. The van der Waals surface area contributed by atoms with E-state index in [2.05, 4.69) is 9.97 Å². The number of aromatic nitrogens is 2. The van der Waals surface area contributed by atoms with Crippen LogP contribution in [0.25, 0.3) is 11.0 Å². The lowest BCUT2D eigenvalue weighted by Gasteiger charge is -1.97. The number of hydrogen-bond donors (Lipinski definition) is 1. The number of hydrogen-bond acceptors (Lipinski definition) is 1. The van der Waals surface area contributed by atoms with Gasteiger partial charge in [-0.05, 0) is 29.8 Å². The predicted molar refractivity (Wildman–Crippen MR) is 65.3 cm³/mol. The molecule has 0 atom stereocenters. The smallest absolute Gasteiger partial charge is 0.151 e. The van der Waals surface area contributed by atoms with Gasteiger partial charge in [0.2, 0.25) is 0 Å². The van der Waals surface area contributed by atoms with Gasteiger partial charge in [-0.3, -0.25) is 0 Å². The third-order valence-electron chi connectivity index (χ3n) is 2.77. The fraction of sp³-hybridized carbons (Fsp3) is 0.0714. The van der Waals surface area contributed by atoms with Crippen molar-refractivity contribution in [3.63, 3.8) is 0 Å². The first-order valence-corrected chi connectivity index (χ1v) is 5.60. The summed E-state index contributed by atoms with van der Waals surface area (Å²) in [5.74, 6) is -0.00951. The highest BCUT2D eigenvalue weighted by molar-refractivity contribution is 5.75. The van der Waals surface area contributed by atoms with Gasteiger partial charge in [0, 0.05) is 6.42 Å². The molecule has 1 heterocycles. The summed E-state index contributed by atoms with van der Waals surface area (Å²) < 4.78 is 26.5. The van der Waals surface area contributed by atoms with E-state index in [1.807, 2.05) is 6.07 Å². The maximum absolute atomic E-state index is 13.5. The summed E-state index contributed by atoms with van der Waals surface area (Å²) >= 11 is 0. The van der Waals surface area contributed by atoms with Crippen molar-refractivity contribution in [2.24, 2.45) is 0 Å². The number of para-hydroxylation sites is 1. The van der Waals surface area contributed by atoms with Crippen LogP contribution in [-0.2, 0) is 6.42 Å². The van der Waals surface area contributed by atoms with Crippen molar-refractivity contribution in [3.05, 3.63) is 65.5 Å². The molecule has 4 heteroatoms. The second kappa shape index (κ2) is 4.22. The number of imidazole rings is 1. The van der Waals surface area contributed by atoms with Crippen LogP contribution in [0.4, 0.5) is 8.78 Å². The summed E-state index contributed by atoms with van der Waals surface area (Å²) in [5, 5.41) is 0. The normalized spacial score (nSPS) is 11.0. The lowest BCUT2D eigenvalue weighted by Crippen LogP contribution is -1.91. The standard InChI is InChI=1S/C14H10F2N2/c15-10-4-1-3-9(7-10)8-13-17-12-6-2-5-11(16)14(12)18-13/h1-7H,8H2,(H,17,18). The molecule has 0 fully saturated rings. The van der Waals surface area contributed by atoms with Gasteiger partial charge in [0.25, 0.3) is 0 Å². The fourth-order valence-electron chi connectivity index (χ4n) is 1.97. The number of fused-ring (bicyclic) bond motifs is 1. The molecule has 0 aliphatic heterocycles. The predicted octanol–water partition coefficient (Wildman–Crippen LogP) is 3.43. The van der Waals surface area contributed by atoms with E-state index in [9.17, 15) is 8.78 Å². The Morgan fingerprint density at radius 2 is 1.89 bits per heavy atom. The maximum Gasteiger partial charge on any atom is 0.151 e. The minimum absolute atomic E-state index is 0.283. The maximum atomic E-state index is 13.5. The van der Waals surface area contributed by atoms with E-state index in [1.54, 1.807) is 18.2 Å². The third-order valence-corrected chi connectivity index (χ3v) is 2.77. The molecule has 0 saturated heterocycles. The van der Waals surface area contributed by atoms with Gasteiger partial charge < -0.3 is 4.98 Å². The number of halogens is 2. The Balaban J connectivity index is 1.98. The molecule has 3 rings (SSSR count). The Bertz CT molecular complexity index is 704. The van der Waals surface area contributed by atoms with Crippen molar-refractivity contribution >= 4 is 11.0 Å². The Labute approximate surface area is 102 Å². The third kappa shape index (κ3) is 1.97. The number of aromatic amines is 1. The minimum Gasteiger partial charge on any atom is -0.342 e. The number of benzene rings is 2. The van der Waals surface area contributed by atoms with Gasteiger partial charge in [0.05, 0.1) is 5.52 Å². The number of nitrogens with zero attached hydrogens (tertiary/aromatic N) is 1. The number of rotatable bonds is 2. The van der Waals surface area contributed by atoms with Gasteiger partial charge in [-0.15, -0.1) is 0 Å². The first-order chi connectivity index (χ1) is 8.72. The second-order valence-electron chi connectivity index (χ2n) is 4.13. The first-order valence-electron chi connectivity index (χ1n) is 5.60. The van der Waals surface area contributed by atoms with Crippen LogP contribution in [-0.4, -0.2) is 9.97 Å². The largest absolute Gasteiger partial charge is 0.342 e. The number of nitrogens with one attached hydrogen (secondary N) is 1. The Morgan fingerprint density at radius 1 is 1.06 bits per heavy atom. The zero-order valence-corrected chi connectivity index (χ0v) is 9.45. The van der Waals surface area contributed by atoms with E-state index in [1.165, 1.54) is 18.2 Å². The molecule has 0 bridgehead atoms. The molecule has 2 nitrogen and oxygen atoms in total. The van der Waals surface area contributed by atoms with Gasteiger partial charge in [-0.1, -0.05) is 18.2 Å². The zero-order valence-electron chi connectivity index (χ0n) is 9.45. The summed E-state index contributed by atoms with van der Waals surface area (Å²) in [6, 6.07) is 11.1. The van der Waals surface area contributed by atoms with Gasteiger partial charge in [-0.25, -0.2) is 13.8 Å². The highest BCUT2D eigenvalue weighted by atomic mass is 19.1. The van der Waals surface area contributed by atoms with Gasteiger partial charge in [0.15, 0.2) is 5.82 Å². The van der Waals surface area contributed by atoms with Crippen LogP contribution in [0.5, 0.6) is 0 Å². The van der Waals surface area contributed by atoms with Crippen LogP contribution >= 0.6 is 0 Å². The molecular formula is C14H10F2N2. The van der Waals surface area contributed by atoms with Crippen molar-refractivity contribution in [1.82, 2.24) is 9.97 Å². The SMILES string of the molecule is Fc1cccc(Cc2nc3c(F)cccc3[nH]2)c1. The van der Waals surface area contributed by atoms with E-state index in [-0.39, 0.29) is 11.6 Å². The summed E-state index contributed by atoms with van der Waals surface area (Å²) in [6.45, 7) is 0. The Hall–Kier alpha value is -2.23. The van der Waals surface area contributed by atoms with E-state index in [0.29, 0.717) is 23.3 Å². The molecule has 0 aliphatic carbocycles. The first kappa shape index (κ1) is 10.9. The molecular weight excluding hydrogens is 234 g/mol. The van der Waals surface area contributed by atoms with E-state index in [4.69, 9.17) is 0 Å². The monoisotopic (exact) mass is 244 g/mol. The summed E-state index contributed by atoms with van der Waals surface area (Å²) in [4.78, 5) is 7.21. The molecule has 0 amide bonds. The zero-order chi connectivity index (χ0) is 12.5. The molecule has 90 valence electrons. The highest BCUT2D eigenvalue weighted by Gasteiger charge is 2.07. The van der Waals surface area contributed by atoms with Crippen molar-refractivity contribution in [2.45, 2.75) is 6.42 Å². The quantitative estimate of drug-likeness (QED) is 0.735. The van der Waals surface area contributed by atoms with Crippen LogP contribution in [0.1, 0.15) is 11.4 Å². The molecule has 1 aromatic heterocycles. The number of H-pyrrole nitrogens is 1. The van der Waals surface area contributed by atoms with Gasteiger partial charge in [0.1, 0.15) is 17.2 Å². The van der Waals surface area contributed by atoms with Gasteiger partial charge >= 0.3 is 0 Å². The molecule has 0 saturated carbocycles. The molecule has 0 aliphatic rings. The molecule has 0 unspecified atom stereocenters. The van der Waals surface area contributed by atoms with Crippen LogP contribution < -0.4 is 0 Å². The van der Waals surface area contributed by atoms with Crippen molar-refractivity contribution in [2.75, 3.05) is 0 Å². The van der Waals surface area contributed by atoms with Crippen molar-refractivity contribution < 1.29 is 8.78 Å². The van der Waals surface area contributed by atoms with Crippen LogP contribution in [0, 0.1) is 11.6 Å². The topological polar surface area (TPSA) is 28.7 Å². The summed E-state index contributed by atoms with van der Waals surface area (Å²) in [7, 11) is 0. The molecule has 18 heavy (non-hydrogen) atoms. The van der Waals surface area contributed by atoms with Crippen LogP contribution in [0.3, 0.4) is 0 Å². The van der Waals surface area contributed by atoms with E-state index in [0.717, 1.165) is 5.56 Å². The molecule has 0 radical (unpaired) electrons. The van der Waals surface area contributed by atoms with Gasteiger partial charge in [-0.2, -0.15) is 0 Å².